The fourth-order valence-electron chi connectivity index (χ4n) is 3.92. The molecule has 5 heteroatoms. The molecule has 1 saturated heterocycles. The number of benzene rings is 1. The topological polar surface area (TPSA) is 57.6 Å². The minimum Gasteiger partial charge on any atom is -0.480 e. The first-order valence-electron chi connectivity index (χ1n) is 7.83. The van der Waals surface area contributed by atoms with Gasteiger partial charge in [0, 0.05) is 13.0 Å². The van der Waals surface area contributed by atoms with Crippen LogP contribution in [0.5, 0.6) is 0 Å². The first kappa shape index (κ1) is 15.0. The summed E-state index contributed by atoms with van der Waals surface area (Å²) >= 11 is 0. The van der Waals surface area contributed by atoms with E-state index in [0.29, 0.717) is 18.9 Å². The molecule has 3 unspecified atom stereocenters. The van der Waals surface area contributed by atoms with E-state index in [1.54, 1.807) is 17.0 Å². The van der Waals surface area contributed by atoms with Gasteiger partial charge in [0.1, 0.15) is 11.9 Å². The molecular weight excluding hydrogens is 285 g/mol. The smallest absolute Gasteiger partial charge is 0.326 e. The van der Waals surface area contributed by atoms with Gasteiger partial charge in [-0.25, -0.2) is 9.18 Å². The molecule has 0 radical (unpaired) electrons. The van der Waals surface area contributed by atoms with E-state index in [-0.39, 0.29) is 24.1 Å². The third-order valence-corrected chi connectivity index (χ3v) is 5.00. The number of amides is 1. The summed E-state index contributed by atoms with van der Waals surface area (Å²) in [6, 6.07) is 5.42. The van der Waals surface area contributed by atoms with Crippen LogP contribution in [0.25, 0.3) is 0 Å². The van der Waals surface area contributed by atoms with Gasteiger partial charge in [0.05, 0.1) is 0 Å². The third kappa shape index (κ3) is 2.85. The van der Waals surface area contributed by atoms with Gasteiger partial charge in [-0.15, -0.1) is 0 Å². The second-order valence-electron chi connectivity index (χ2n) is 6.31. The van der Waals surface area contributed by atoms with Crippen LogP contribution in [0.3, 0.4) is 0 Å². The van der Waals surface area contributed by atoms with Crippen LogP contribution >= 0.6 is 0 Å². The molecule has 1 N–H and O–H groups in total. The fourth-order valence-corrected chi connectivity index (χ4v) is 3.92. The summed E-state index contributed by atoms with van der Waals surface area (Å²) in [7, 11) is 0. The van der Waals surface area contributed by atoms with E-state index in [4.69, 9.17) is 0 Å². The van der Waals surface area contributed by atoms with Crippen molar-refractivity contribution in [2.75, 3.05) is 6.54 Å². The first-order chi connectivity index (χ1) is 10.6. The van der Waals surface area contributed by atoms with Crippen LogP contribution in [-0.2, 0) is 16.0 Å². The summed E-state index contributed by atoms with van der Waals surface area (Å²) in [6.45, 7) is 0.573. The summed E-state index contributed by atoms with van der Waals surface area (Å²) in [4.78, 5) is 25.5. The minimum atomic E-state index is -0.885. The zero-order valence-electron chi connectivity index (χ0n) is 12.4. The highest BCUT2D eigenvalue weighted by molar-refractivity contribution is 5.85. The molecule has 1 aliphatic heterocycles. The SMILES string of the molecule is O=C(O)C1C2CCCC2CN1C(=O)CCc1ccc(F)cc1. The fraction of sp³-hybridized carbons (Fsp3) is 0.529. The standard InChI is InChI=1S/C17H20FNO3/c18-13-7-4-11(5-8-13)6-9-15(20)19-10-12-2-1-3-14(12)16(19)17(21)22/h4-5,7-8,12,14,16H,1-3,6,9-10H2,(H,21,22). The monoisotopic (exact) mass is 305 g/mol. The molecule has 2 fully saturated rings. The molecule has 4 nitrogen and oxygen atoms in total. The average molecular weight is 305 g/mol. The number of nitrogens with zero attached hydrogens (tertiary/aromatic N) is 1. The van der Waals surface area contributed by atoms with Gasteiger partial charge in [-0.2, -0.15) is 0 Å². The molecule has 1 aromatic carbocycles. The Hall–Kier alpha value is -1.91. The maximum atomic E-state index is 12.9. The van der Waals surface area contributed by atoms with Crippen LogP contribution in [0.15, 0.2) is 24.3 Å². The predicted octanol–water partition coefficient (Wildman–Crippen LogP) is 2.47. The summed E-state index contributed by atoms with van der Waals surface area (Å²) in [5, 5.41) is 9.46. The van der Waals surface area contributed by atoms with Crippen LogP contribution < -0.4 is 0 Å². The third-order valence-electron chi connectivity index (χ3n) is 5.00. The normalized spacial score (nSPS) is 27.0. The number of hydrogen-bond acceptors (Lipinski definition) is 2. The lowest BCUT2D eigenvalue weighted by atomic mass is 9.94. The van der Waals surface area contributed by atoms with Crippen molar-refractivity contribution in [1.82, 2.24) is 4.90 Å². The van der Waals surface area contributed by atoms with Crippen LogP contribution in [-0.4, -0.2) is 34.5 Å². The van der Waals surface area contributed by atoms with Crippen molar-refractivity contribution in [3.8, 4) is 0 Å². The summed E-state index contributed by atoms with van der Waals surface area (Å²) in [5.74, 6) is -0.827. The lowest BCUT2D eigenvalue weighted by Crippen LogP contribution is -2.43. The summed E-state index contributed by atoms with van der Waals surface area (Å²) in [5.41, 5.74) is 0.890. The average Bonchev–Trinajstić information content (AvgIpc) is 3.06. The number of likely N-dealkylation sites (tertiary alicyclic amines) is 1. The Morgan fingerprint density at radius 3 is 2.64 bits per heavy atom. The quantitative estimate of drug-likeness (QED) is 0.929. The number of carbonyl (C=O) groups is 2. The van der Waals surface area contributed by atoms with Gasteiger partial charge in [0.25, 0.3) is 0 Å². The number of rotatable bonds is 4. The van der Waals surface area contributed by atoms with E-state index in [9.17, 15) is 19.1 Å². The molecule has 1 heterocycles. The van der Waals surface area contributed by atoms with Crippen molar-refractivity contribution in [3.05, 3.63) is 35.6 Å². The lowest BCUT2D eigenvalue weighted by molar-refractivity contribution is -0.149. The van der Waals surface area contributed by atoms with Crippen molar-refractivity contribution in [3.63, 3.8) is 0 Å². The van der Waals surface area contributed by atoms with Crippen LogP contribution in [0.4, 0.5) is 4.39 Å². The van der Waals surface area contributed by atoms with Gasteiger partial charge in [0.2, 0.25) is 5.91 Å². The Balaban J connectivity index is 1.64. The molecular formula is C17H20FNO3. The van der Waals surface area contributed by atoms with Gasteiger partial charge in [-0.05, 0) is 48.8 Å². The second-order valence-corrected chi connectivity index (χ2v) is 6.31. The molecule has 2 aliphatic rings. The number of carboxylic acid groups (broad SMARTS) is 1. The minimum absolute atomic E-state index is 0.105. The van der Waals surface area contributed by atoms with Crippen molar-refractivity contribution >= 4 is 11.9 Å². The number of carbonyl (C=O) groups excluding carboxylic acids is 1. The number of aliphatic carboxylic acids is 1. The maximum absolute atomic E-state index is 12.9. The highest BCUT2D eigenvalue weighted by Gasteiger charge is 2.49. The molecule has 22 heavy (non-hydrogen) atoms. The van der Waals surface area contributed by atoms with E-state index in [0.717, 1.165) is 24.8 Å². The summed E-state index contributed by atoms with van der Waals surface area (Å²) in [6.07, 6.45) is 3.78. The molecule has 0 aromatic heterocycles. The number of fused-ring (bicyclic) bond motifs is 1. The maximum Gasteiger partial charge on any atom is 0.326 e. The van der Waals surface area contributed by atoms with Gasteiger partial charge >= 0.3 is 5.97 Å². The molecule has 1 aromatic rings. The van der Waals surface area contributed by atoms with E-state index in [1.807, 2.05) is 0 Å². The number of aryl methyl sites for hydroxylation is 1. The summed E-state index contributed by atoms with van der Waals surface area (Å²) < 4.78 is 12.9. The Morgan fingerprint density at radius 1 is 1.23 bits per heavy atom. The predicted molar refractivity (Wildman–Crippen MR) is 78.7 cm³/mol. The molecule has 0 bridgehead atoms. The molecule has 3 atom stereocenters. The molecule has 118 valence electrons. The highest BCUT2D eigenvalue weighted by atomic mass is 19.1. The zero-order chi connectivity index (χ0) is 15.7. The Kier molecular flexibility index (Phi) is 4.14. The number of hydrogen-bond donors (Lipinski definition) is 1. The van der Waals surface area contributed by atoms with Crippen molar-refractivity contribution in [2.45, 2.75) is 38.1 Å². The molecule has 1 amide bonds. The molecule has 1 saturated carbocycles. The first-order valence-corrected chi connectivity index (χ1v) is 7.83. The van der Waals surface area contributed by atoms with Crippen molar-refractivity contribution in [2.24, 2.45) is 11.8 Å². The van der Waals surface area contributed by atoms with Crippen molar-refractivity contribution in [1.29, 1.82) is 0 Å². The Labute approximate surface area is 128 Å². The molecule has 0 spiro atoms. The molecule has 1 aliphatic carbocycles. The van der Waals surface area contributed by atoms with Gasteiger partial charge < -0.3 is 10.0 Å². The second kappa shape index (κ2) is 6.07. The Bertz CT molecular complexity index is 572. The van der Waals surface area contributed by atoms with E-state index >= 15 is 0 Å². The van der Waals surface area contributed by atoms with Crippen LogP contribution in [0.1, 0.15) is 31.2 Å². The molecule has 3 rings (SSSR count). The van der Waals surface area contributed by atoms with Gasteiger partial charge in [0.15, 0.2) is 0 Å². The van der Waals surface area contributed by atoms with Gasteiger partial charge in [-0.3, -0.25) is 4.79 Å². The zero-order valence-corrected chi connectivity index (χ0v) is 12.4. The van der Waals surface area contributed by atoms with Gasteiger partial charge in [-0.1, -0.05) is 18.6 Å². The largest absolute Gasteiger partial charge is 0.480 e. The highest BCUT2D eigenvalue weighted by Crippen LogP contribution is 2.42. The Morgan fingerprint density at radius 2 is 1.95 bits per heavy atom. The number of carboxylic acids is 1. The van der Waals surface area contributed by atoms with E-state index < -0.39 is 12.0 Å². The van der Waals surface area contributed by atoms with E-state index in [1.165, 1.54) is 12.1 Å². The van der Waals surface area contributed by atoms with Crippen LogP contribution in [0.2, 0.25) is 0 Å². The van der Waals surface area contributed by atoms with Crippen LogP contribution in [0, 0.1) is 17.7 Å². The van der Waals surface area contributed by atoms with Crippen molar-refractivity contribution < 1.29 is 19.1 Å². The van der Waals surface area contributed by atoms with E-state index in [2.05, 4.69) is 0 Å². The lowest BCUT2D eigenvalue weighted by Gasteiger charge is -2.24. The number of halogens is 1.